The van der Waals surface area contributed by atoms with Gasteiger partial charge in [0.2, 0.25) is 6.33 Å². The van der Waals surface area contributed by atoms with Gasteiger partial charge in [-0.3, -0.25) is 0 Å². The first kappa shape index (κ1) is 24.7. The van der Waals surface area contributed by atoms with E-state index in [-0.39, 0.29) is 0 Å². The van der Waals surface area contributed by atoms with Crippen LogP contribution in [0, 0.1) is 0 Å². The van der Waals surface area contributed by atoms with Crippen LogP contribution in [0.5, 0.6) is 0 Å². The smallest absolute Gasteiger partial charge is 0.421 e. The largest absolute Gasteiger partial charge is 0.480 e. The third kappa shape index (κ3) is 7.90. The zero-order valence-corrected chi connectivity index (χ0v) is 15.3. The van der Waals surface area contributed by atoms with Crippen molar-refractivity contribution in [3.8, 4) is 0 Å². The van der Waals surface area contributed by atoms with Crippen molar-refractivity contribution in [2.75, 3.05) is 0 Å². The summed E-state index contributed by atoms with van der Waals surface area (Å²) < 4.78 is 113. The van der Waals surface area contributed by atoms with E-state index in [0.717, 1.165) is 10.7 Å². The Kier molecular flexibility index (Phi) is 8.56. The summed E-state index contributed by atoms with van der Waals surface area (Å²) in [5, 5.41) is 0. The molecule has 0 bridgehead atoms. The topological polar surface area (TPSA) is 91.2 Å². The van der Waals surface area contributed by atoms with Crippen molar-refractivity contribution in [1.82, 2.24) is 4.57 Å². The Morgan fingerprint density at radius 1 is 0.962 bits per heavy atom. The summed E-state index contributed by atoms with van der Waals surface area (Å²) in [5.74, 6) is 0. The van der Waals surface area contributed by atoms with Crippen molar-refractivity contribution in [3.05, 3.63) is 22.8 Å². The van der Waals surface area contributed by atoms with Gasteiger partial charge in [-0.1, -0.05) is 13.3 Å². The van der Waals surface area contributed by atoms with E-state index in [1.54, 1.807) is 0 Å². The molecule has 15 heteroatoms. The number of nitrogens with zero attached hydrogens (tertiary/aromatic N) is 3. The number of halogens is 6. The second-order valence-electron chi connectivity index (χ2n) is 4.94. The molecule has 154 valence electrons. The molecular formula is C11H17F6N3O4S2. The number of sulfonamides is 2. The number of hydrogen-bond acceptors (Lipinski definition) is 4. The first-order valence-electron chi connectivity index (χ1n) is 6.91. The summed E-state index contributed by atoms with van der Waals surface area (Å²) in [7, 11) is -11.4. The summed E-state index contributed by atoms with van der Waals surface area (Å²) in [6.07, 6.45) is 10.2. The molecule has 0 radical (unpaired) electrons. The lowest BCUT2D eigenvalue weighted by Gasteiger charge is -2.22. The predicted octanol–water partition coefficient (Wildman–Crippen LogP) is 2.56. The molecule has 0 aliphatic heterocycles. The van der Waals surface area contributed by atoms with Gasteiger partial charge in [0.1, 0.15) is 12.4 Å². The van der Waals surface area contributed by atoms with Crippen LogP contribution in [-0.4, -0.2) is 32.4 Å². The highest BCUT2D eigenvalue weighted by molar-refractivity contribution is 8.13. The van der Waals surface area contributed by atoms with E-state index < -0.39 is 31.1 Å². The normalized spacial score (nSPS) is 13.2. The average Bonchev–Trinajstić information content (AvgIpc) is 2.82. The lowest BCUT2D eigenvalue weighted by Crippen LogP contribution is -2.30. The van der Waals surface area contributed by atoms with Crippen LogP contribution in [0.4, 0.5) is 26.3 Å². The van der Waals surface area contributed by atoms with Crippen LogP contribution in [0.3, 0.4) is 0 Å². The molecule has 0 N–H and O–H groups in total. The molecule has 0 aliphatic rings. The first-order valence-corrected chi connectivity index (χ1v) is 9.79. The highest BCUT2D eigenvalue weighted by atomic mass is 32.3. The van der Waals surface area contributed by atoms with E-state index in [9.17, 15) is 43.2 Å². The Labute approximate surface area is 146 Å². The SMILES string of the molecule is CCCCCn1cc[n+](C)c1.O=S(=O)([N-]S(=O)(=O)C(F)(F)F)C(F)(F)F. The van der Waals surface area contributed by atoms with Gasteiger partial charge in [0.15, 0.2) is 20.0 Å². The van der Waals surface area contributed by atoms with Gasteiger partial charge in [0.05, 0.1) is 13.6 Å². The van der Waals surface area contributed by atoms with Crippen molar-refractivity contribution in [2.45, 2.75) is 43.7 Å². The van der Waals surface area contributed by atoms with Crippen molar-refractivity contribution in [3.63, 3.8) is 0 Å². The Morgan fingerprint density at radius 3 is 1.73 bits per heavy atom. The van der Waals surface area contributed by atoms with Crippen LogP contribution in [0.25, 0.3) is 4.13 Å². The summed E-state index contributed by atoms with van der Waals surface area (Å²) >= 11 is 0. The minimum absolute atomic E-state index is 0.778. The van der Waals surface area contributed by atoms with Crippen LogP contribution in [0.1, 0.15) is 26.2 Å². The summed E-state index contributed by atoms with van der Waals surface area (Å²) in [4.78, 5) is 0. The van der Waals surface area contributed by atoms with Gasteiger partial charge in [-0.25, -0.2) is 26.0 Å². The van der Waals surface area contributed by atoms with Gasteiger partial charge in [0, 0.05) is 0 Å². The monoisotopic (exact) mass is 433 g/mol. The number of aryl methyl sites for hydroxylation is 2. The zero-order valence-electron chi connectivity index (χ0n) is 13.6. The van der Waals surface area contributed by atoms with Crippen molar-refractivity contribution >= 4 is 20.0 Å². The predicted molar refractivity (Wildman–Crippen MR) is 78.4 cm³/mol. The van der Waals surface area contributed by atoms with Gasteiger partial charge in [-0.05, 0) is 12.8 Å². The summed E-state index contributed by atoms with van der Waals surface area (Å²) in [6, 6.07) is 0. The van der Waals surface area contributed by atoms with Crippen molar-refractivity contribution < 1.29 is 47.7 Å². The number of hydrogen-bond donors (Lipinski definition) is 0. The fourth-order valence-electron chi connectivity index (χ4n) is 1.39. The molecule has 0 saturated carbocycles. The average molecular weight is 433 g/mol. The lowest BCUT2D eigenvalue weighted by molar-refractivity contribution is -0.671. The van der Waals surface area contributed by atoms with Crippen LogP contribution in [-0.2, 0) is 33.6 Å². The molecule has 1 rings (SSSR count). The molecule has 0 saturated heterocycles. The van der Waals surface area contributed by atoms with Gasteiger partial charge < -0.3 is 4.13 Å². The molecule has 0 unspecified atom stereocenters. The van der Waals surface area contributed by atoms with Crippen LogP contribution in [0.2, 0.25) is 0 Å². The lowest BCUT2D eigenvalue weighted by atomic mass is 10.2. The van der Waals surface area contributed by atoms with Crippen molar-refractivity contribution in [2.24, 2.45) is 7.05 Å². The molecule has 0 spiro atoms. The molecule has 26 heavy (non-hydrogen) atoms. The van der Waals surface area contributed by atoms with E-state index in [1.807, 2.05) is 0 Å². The highest BCUT2D eigenvalue weighted by Gasteiger charge is 2.46. The highest BCUT2D eigenvalue weighted by Crippen LogP contribution is 2.36. The van der Waals surface area contributed by atoms with Crippen LogP contribution >= 0.6 is 0 Å². The third-order valence-electron chi connectivity index (χ3n) is 2.62. The van der Waals surface area contributed by atoms with Gasteiger partial charge in [0.25, 0.3) is 0 Å². The molecule has 0 amide bonds. The van der Waals surface area contributed by atoms with E-state index >= 15 is 0 Å². The van der Waals surface area contributed by atoms with E-state index in [2.05, 4.69) is 41.8 Å². The maximum Gasteiger partial charge on any atom is 0.480 e. The number of aromatic nitrogens is 2. The van der Waals surface area contributed by atoms with Crippen molar-refractivity contribution in [1.29, 1.82) is 0 Å². The fraction of sp³-hybridized carbons (Fsp3) is 0.727. The maximum absolute atomic E-state index is 11.4. The minimum atomic E-state index is -6.72. The van der Waals surface area contributed by atoms with E-state index in [0.29, 0.717) is 0 Å². The molecule has 0 fully saturated rings. The molecule has 0 atom stereocenters. The Hall–Kier alpha value is -1.35. The van der Waals surface area contributed by atoms with E-state index in [4.69, 9.17) is 0 Å². The Morgan fingerprint density at radius 2 is 1.42 bits per heavy atom. The third-order valence-corrected chi connectivity index (χ3v) is 5.36. The maximum atomic E-state index is 11.4. The number of rotatable bonds is 6. The molecule has 0 aromatic carbocycles. The zero-order chi connectivity index (χ0) is 20.8. The van der Waals surface area contributed by atoms with E-state index in [1.165, 1.54) is 19.3 Å². The molecule has 1 heterocycles. The van der Waals surface area contributed by atoms with Crippen LogP contribution < -0.4 is 4.57 Å². The Balaban J connectivity index is 0.000000502. The molecule has 1 aromatic rings. The second kappa shape index (κ2) is 9.03. The molecule has 0 aliphatic carbocycles. The number of unbranched alkanes of at least 4 members (excludes halogenated alkanes) is 2. The quantitative estimate of drug-likeness (QED) is 0.392. The first-order chi connectivity index (χ1) is 11.5. The number of alkyl halides is 6. The molecular weight excluding hydrogens is 416 g/mol. The second-order valence-corrected chi connectivity index (χ2v) is 8.36. The fourth-order valence-corrected chi connectivity index (χ4v) is 3.10. The van der Waals surface area contributed by atoms with Gasteiger partial charge >= 0.3 is 11.0 Å². The number of imidazole rings is 1. The molecule has 7 nitrogen and oxygen atoms in total. The van der Waals surface area contributed by atoms with Gasteiger partial charge in [-0.2, -0.15) is 26.3 Å². The van der Waals surface area contributed by atoms with Crippen LogP contribution in [0.15, 0.2) is 18.7 Å². The standard InChI is InChI=1S/C9H17N2.C2F6NO4S2/c1-3-4-5-6-11-8-7-10(2)9-11;3-1(4,5)14(10,11)9-15(12,13)2(6,7)8/h7-9H,3-6H2,1-2H3;/q+1;-1. The molecule has 1 aromatic heterocycles. The summed E-state index contributed by atoms with van der Waals surface area (Å²) in [6.45, 7) is 3.39. The Bertz CT molecular complexity index is 727. The minimum Gasteiger partial charge on any atom is -0.421 e. The summed E-state index contributed by atoms with van der Waals surface area (Å²) in [5.41, 5.74) is -12.4. The van der Waals surface area contributed by atoms with Gasteiger partial charge in [-0.15, -0.1) is 0 Å².